The number of carbonyl (C=O) groups excluding carboxylic acids is 1. The smallest absolute Gasteiger partial charge is 0.315 e. The van der Waals surface area contributed by atoms with E-state index in [2.05, 4.69) is 34.7 Å². The number of likely N-dealkylation sites (N-methyl/N-ethyl adjacent to an activating group) is 1. The monoisotopic (exact) mass is 437 g/mol. The summed E-state index contributed by atoms with van der Waals surface area (Å²) >= 11 is 0. The molecular weight excluding hydrogens is 402 g/mol. The van der Waals surface area contributed by atoms with Crippen molar-refractivity contribution in [2.45, 2.75) is 56.1 Å². The number of benzene rings is 2. The maximum atomic E-state index is 12.7. The van der Waals surface area contributed by atoms with Crippen molar-refractivity contribution in [3.05, 3.63) is 59.7 Å². The Labute approximate surface area is 191 Å². The SMILES string of the molecule is COc1ccc([C@@]23CC[C@@H](NC(=O)N[C@@H](C)c4ccccc4)C[C@@H]2N(C)CC3)cc1OC. The molecule has 0 bridgehead atoms. The molecule has 2 aliphatic rings. The molecule has 2 aromatic carbocycles. The van der Waals surface area contributed by atoms with Gasteiger partial charge in [-0.15, -0.1) is 0 Å². The van der Waals surface area contributed by atoms with E-state index in [4.69, 9.17) is 9.47 Å². The number of amides is 2. The number of ether oxygens (including phenoxy) is 2. The molecule has 2 amide bonds. The highest BCUT2D eigenvalue weighted by Gasteiger charge is 2.50. The molecule has 4 atom stereocenters. The maximum Gasteiger partial charge on any atom is 0.315 e. The number of methoxy groups -OCH3 is 2. The van der Waals surface area contributed by atoms with Gasteiger partial charge in [0.25, 0.3) is 0 Å². The molecule has 0 unspecified atom stereocenters. The summed E-state index contributed by atoms with van der Waals surface area (Å²) in [6.45, 7) is 3.07. The minimum Gasteiger partial charge on any atom is -0.493 e. The van der Waals surface area contributed by atoms with Gasteiger partial charge >= 0.3 is 6.03 Å². The average Bonchev–Trinajstić information content (AvgIpc) is 3.16. The van der Waals surface area contributed by atoms with E-state index in [1.54, 1.807) is 14.2 Å². The maximum absolute atomic E-state index is 12.7. The highest BCUT2D eigenvalue weighted by atomic mass is 16.5. The van der Waals surface area contributed by atoms with Gasteiger partial charge in [0, 0.05) is 17.5 Å². The number of rotatable bonds is 6. The summed E-state index contributed by atoms with van der Waals surface area (Å²) in [4.78, 5) is 15.2. The summed E-state index contributed by atoms with van der Waals surface area (Å²) in [6, 6.07) is 16.8. The van der Waals surface area contributed by atoms with Gasteiger partial charge in [0.1, 0.15) is 0 Å². The van der Waals surface area contributed by atoms with Gasteiger partial charge in [-0.05, 0) is 69.5 Å². The van der Waals surface area contributed by atoms with Crippen LogP contribution in [0.2, 0.25) is 0 Å². The highest BCUT2D eigenvalue weighted by Crippen LogP contribution is 2.49. The van der Waals surface area contributed by atoms with Crippen LogP contribution in [-0.2, 0) is 5.41 Å². The van der Waals surface area contributed by atoms with Crippen LogP contribution in [0.15, 0.2) is 48.5 Å². The number of fused-ring (bicyclic) bond motifs is 1. The summed E-state index contributed by atoms with van der Waals surface area (Å²) in [5.41, 5.74) is 2.50. The van der Waals surface area contributed by atoms with Crippen molar-refractivity contribution in [2.75, 3.05) is 27.8 Å². The van der Waals surface area contributed by atoms with Crippen LogP contribution in [0.1, 0.15) is 49.8 Å². The normalized spacial score (nSPS) is 26.1. The Morgan fingerprint density at radius 2 is 1.84 bits per heavy atom. The van der Waals surface area contributed by atoms with Crippen molar-refractivity contribution in [1.82, 2.24) is 15.5 Å². The lowest BCUT2D eigenvalue weighted by Crippen LogP contribution is -2.53. The first kappa shape index (κ1) is 22.5. The van der Waals surface area contributed by atoms with Crippen molar-refractivity contribution < 1.29 is 14.3 Å². The van der Waals surface area contributed by atoms with Gasteiger partial charge in [-0.25, -0.2) is 4.79 Å². The number of hydrogen-bond donors (Lipinski definition) is 2. The van der Waals surface area contributed by atoms with Gasteiger partial charge < -0.3 is 25.0 Å². The molecular formula is C26H35N3O3. The van der Waals surface area contributed by atoms with Crippen molar-refractivity contribution in [3.63, 3.8) is 0 Å². The Bertz CT molecular complexity index is 935. The average molecular weight is 438 g/mol. The van der Waals surface area contributed by atoms with Gasteiger partial charge in [-0.3, -0.25) is 0 Å². The molecule has 2 aromatic rings. The summed E-state index contributed by atoms with van der Waals surface area (Å²) in [5.74, 6) is 1.54. The fourth-order valence-electron chi connectivity index (χ4n) is 5.64. The largest absolute Gasteiger partial charge is 0.493 e. The third kappa shape index (κ3) is 4.29. The van der Waals surface area contributed by atoms with Crippen LogP contribution >= 0.6 is 0 Å². The Hall–Kier alpha value is -2.73. The highest BCUT2D eigenvalue weighted by molar-refractivity contribution is 5.74. The minimum absolute atomic E-state index is 0.0280. The molecule has 0 aromatic heterocycles. The summed E-state index contributed by atoms with van der Waals surface area (Å²) in [7, 11) is 5.56. The molecule has 1 aliphatic heterocycles. The number of nitrogens with zero attached hydrogens (tertiary/aromatic N) is 1. The molecule has 6 heteroatoms. The van der Waals surface area contributed by atoms with Crippen LogP contribution in [0.4, 0.5) is 4.79 Å². The van der Waals surface area contributed by atoms with Gasteiger partial charge in [0.2, 0.25) is 0 Å². The first-order valence-electron chi connectivity index (χ1n) is 11.5. The van der Waals surface area contributed by atoms with Crippen LogP contribution in [0.5, 0.6) is 11.5 Å². The zero-order chi connectivity index (χ0) is 22.7. The standard InChI is InChI=1S/C26H35N3O3/c1-18(19-8-6-5-7-9-19)27-25(30)28-21-12-13-26(14-15-29(2)24(26)17-21)20-10-11-22(31-3)23(16-20)32-4/h5-11,16,18,21,24H,12-15,17H2,1-4H3,(H2,27,28,30)/t18-,21+,24-,26-/m0/s1. The molecule has 32 heavy (non-hydrogen) atoms. The van der Waals surface area contributed by atoms with E-state index in [0.717, 1.165) is 49.3 Å². The summed E-state index contributed by atoms with van der Waals surface area (Å²) in [6.07, 6.45) is 4.06. The van der Waals surface area contributed by atoms with E-state index < -0.39 is 0 Å². The van der Waals surface area contributed by atoms with Crippen molar-refractivity contribution in [1.29, 1.82) is 0 Å². The third-order valence-electron chi connectivity index (χ3n) is 7.47. The Morgan fingerprint density at radius 1 is 1.09 bits per heavy atom. The van der Waals surface area contributed by atoms with Crippen LogP contribution in [0, 0.1) is 0 Å². The molecule has 2 N–H and O–H groups in total. The number of nitrogens with one attached hydrogen (secondary N) is 2. The molecule has 2 fully saturated rings. The van der Waals surface area contributed by atoms with Gasteiger partial charge in [-0.1, -0.05) is 36.4 Å². The Balaban J connectivity index is 1.45. The molecule has 1 saturated heterocycles. The molecule has 0 spiro atoms. The topological polar surface area (TPSA) is 62.8 Å². The van der Waals surface area contributed by atoms with E-state index in [0.29, 0.717) is 6.04 Å². The molecule has 6 nitrogen and oxygen atoms in total. The molecule has 4 rings (SSSR count). The van der Waals surface area contributed by atoms with Crippen LogP contribution in [-0.4, -0.2) is 50.8 Å². The Morgan fingerprint density at radius 3 is 2.56 bits per heavy atom. The minimum atomic E-state index is -0.0920. The molecule has 1 heterocycles. The predicted molar refractivity (Wildman–Crippen MR) is 126 cm³/mol. The number of urea groups is 1. The second-order valence-electron chi connectivity index (χ2n) is 9.19. The van der Waals surface area contributed by atoms with E-state index in [1.165, 1.54) is 5.56 Å². The fourth-order valence-corrected chi connectivity index (χ4v) is 5.64. The molecule has 0 radical (unpaired) electrons. The zero-order valence-corrected chi connectivity index (χ0v) is 19.6. The predicted octanol–water partition coefficient (Wildman–Crippen LogP) is 4.26. The quantitative estimate of drug-likeness (QED) is 0.709. The number of carbonyl (C=O) groups is 1. The number of likely N-dealkylation sites (tertiary alicyclic amines) is 1. The molecule has 172 valence electrons. The van der Waals surface area contributed by atoms with Crippen LogP contribution in [0.25, 0.3) is 0 Å². The van der Waals surface area contributed by atoms with Crippen LogP contribution < -0.4 is 20.1 Å². The summed E-state index contributed by atoms with van der Waals surface area (Å²) < 4.78 is 11.0. The van der Waals surface area contributed by atoms with E-state index in [1.807, 2.05) is 43.3 Å². The van der Waals surface area contributed by atoms with Gasteiger partial charge in [-0.2, -0.15) is 0 Å². The van der Waals surface area contributed by atoms with E-state index in [-0.39, 0.29) is 23.5 Å². The lowest BCUT2D eigenvalue weighted by Gasteiger charge is -2.45. The number of hydrogen-bond acceptors (Lipinski definition) is 4. The van der Waals surface area contributed by atoms with E-state index in [9.17, 15) is 4.79 Å². The van der Waals surface area contributed by atoms with Crippen molar-refractivity contribution >= 4 is 6.03 Å². The fraction of sp³-hybridized carbons (Fsp3) is 0.500. The van der Waals surface area contributed by atoms with Gasteiger partial charge in [0.05, 0.1) is 20.3 Å². The zero-order valence-electron chi connectivity index (χ0n) is 19.6. The Kier molecular flexibility index (Phi) is 6.60. The van der Waals surface area contributed by atoms with Gasteiger partial charge in [0.15, 0.2) is 11.5 Å². The second kappa shape index (κ2) is 9.41. The third-order valence-corrected chi connectivity index (χ3v) is 7.47. The first-order chi connectivity index (χ1) is 15.5. The second-order valence-corrected chi connectivity index (χ2v) is 9.19. The molecule has 1 aliphatic carbocycles. The van der Waals surface area contributed by atoms with Crippen LogP contribution in [0.3, 0.4) is 0 Å². The first-order valence-corrected chi connectivity index (χ1v) is 11.5. The van der Waals surface area contributed by atoms with Crippen molar-refractivity contribution in [2.24, 2.45) is 0 Å². The van der Waals surface area contributed by atoms with E-state index >= 15 is 0 Å². The summed E-state index contributed by atoms with van der Waals surface area (Å²) in [5, 5.41) is 6.33. The lowest BCUT2D eigenvalue weighted by molar-refractivity contribution is 0.154. The molecule has 1 saturated carbocycles. The van der Waals surface area contributed by atoms with Crippen molar-refractivity contribution in [3.8, 4) is 11.5 Å². The lowest BCUT2D eigenvalue weighted by atomic mass is 9.65.